The van der Waals surface area contributed by atoms with E-state index in [1.54, 1.807) is 10.6 Å². The monoisotopic (exact) mass is 427 g/mol. The molecule has 4 amide bonds. The van der Waals surface area contributed by atoms with Crippen molar-refractivity contribution in [1.29, 1.82) is 0 Å². The number of carbonyl (C=O) groups is 3. The molecule has 160 valence electrons. The van der Waals surface area contributed by atoms with Crippen LogP contribution in [0.4, 0.5) is 18.0 Å². The lowest BCUT2D eigenvalue weighted by atomic mass is 10.1. The predicted octanol–water partition coefficient (Wildman–Crippen LogP) is 2.04. The van der Waals surface area contributed by atoms with Gasteiger partial charge in [-0.25, -0.2) is 4.79 Å². The summed E-state index contributed by atoms with van der Waals surface area (Å²) in [7, 11) is 2.73. The van der Waals surface area contributed by atoms with Crippen LogP contribution in [0.5, 0.6) is 11.5 Å². The molecule has 30 heavy (non-hydrogen) atoms. The number of carbonyl (C=O) groups excluding carboxylic acids is 3. The van der Waals surface area contributed by atoms with Gasteiger partial charge in [0.15, 0.2) is 5.76 Å². The highest BCUT2D eigenvalue weighted by atomic mass is 19.4. The van der Waals surface area contributed by atoms with Gasteiger partial charge >= 0.3 is 12.2 Å². The number of nitrogens with zero attached hydrogens (tertiary/aromatic N) is 1. The lowest BCUT2D eigenvalue weighted by molar-refractivity contribution is -0.200. The largest absolute Gasteiger partial charge is 0.497 e. The van der Waals surface area contributed by atoms with Crippen LogP contribution < -0.4 is 20.1 Å². The number of halogens is 3. The first-order chi connectivity index (χ1) is 14.1. The SMILES string of the molecule is COc1cc(CN2C(=O)N[C@@](NC(=O)c3ccco3)(C(F)(F)F)C2=O)cc(OC)c1. The van der Waals surface area contributed by atoms with Gasteiger partial charge in [-0.1, -0.05) is 0 Å². The number of amides is 4. The molecule has 1 saturated heterocycles. The van der Waals surface area contributed by atoms with Crippen molar-refractivity contribution in [3.8, 4) is 11.5 Å². The summed E-state index contributed by atoms with van der Waals surface area (Å²) >= 11 is 0. The number of hydrogen-bond donors (Lipinski definition) is 2. The van der Waals surface area contributed by atoms with Crippen LogP contribution in [0.15, 0.2) is 41.0 Å². The Morgan fingerprint density at radius 3 is 2.33 bits per heavy atom. The smallest absolute Gasteiger partial charge is 0.440 e. The number of rotatable bonds is 6. The van der Waals surface area contributed by atoms with Crippen molar-refractivity contribution in [2.24, 2.45) is 0 Å². The summed E-state index contributed by atoms with van der Waals surface area (Å²) in [4.78, 5) is 37.5. The first-order valence-corrected chi connectivity index (χ1v) is 8.40. The van der Waals surface area contributed by atoms with Gasteiger partial charge in [0, 0.05) is 6.07 Å². The van der Waals surface area contributed by atoms with Crippen LogP contribution in [0.2, 0.25) is 0 Å². The summed E-state index contributed by atoms with van der Waals surface area (Å²) < 4.78 is 56.4. The number of benzene rings is 1. The number of furan rings is 1. The van der Waals surface area contributed by atoms with Gasteiger partial charge in [0.2, 0.25) is 0 Å². The van der Waals surface area contributed by atoms with Gasteiger partial charge in [-0.2, -0.15) is 13.2 Å². The van der Waals surface area contributed by atoms with E-state index < -0.39 is 42.0 Å². The molecule has 9 nitrogen and oxygen atoms in total. The second-order valence-electron chi connectivity index (χ2n) is 6.22. The van der Waals surface area contributed by atoms with Crippen molar-refractivity contribution in [2.45, 2.75) is 18.4 Å². The Labute approximate surface area is 167 Å². The van der Waals surface area contributed by atoms with E-state index in [4.69, 9.17) is 13.9 Å². The minimum atomic E-state index is -5.33. The van der Waals surface area contributed by atoms with Gasteiger partial charge in [-0.05, 0) is 29.8 Å². The quantitative estimate of drug-likeness (QED) is 0.683. The summed E-state index contributed by atoms with van der Waals surface area (Å²) in [6, 6.07) is 5.43. The Morgan fingerprint density at radius 2 is 1.83 bits per heavy atom. The molecule has 1 fully saturated rings. The topological polar surface area (TPSA) is 110 Å². The highest BCUT2D eigenvalue weighted by Crippen LogP contribution is 2.35. The van der Waals surface area contributed by atoms with Gasteiger partial charge in [0.25, 0.3) is 17.5 Å². The molecular formula is C18H16F3N3O6. The maximum Gasteiger partial charge on any atom is 0.440 e. The van der Waals surface area contributed by atoms with Gasteiger partial charge < -0.3 is 19.2 Å². The number of urea groups is 1. The maximum atomic E-state index is 13.8. The Balaban J connectivity index is 1.93. The number of ether oxygens (including phenoxy) is 2. The van der Waals surface area contributed by atoms with Crippen LogP contribution in [0, 0.1) is 0 Å². The van der Waals surface area contributed by atoms with Gasteiger partial charge in [-0.3, -0.25) is 19.8 Å². The molecule has 1 aliphatic rings. The zero-order valence-electron chi connectivity index (χ0n) is 15.7. The fourth-order valence-corrected chi connectivity index (χ4v) is 2.85. The summed E-state index contributed by atoms with van der Waals surface area (Å²) in [5.41, 5.74) is -3.37. The molecule has 1 aromatic carbocycles. The molecule has 0 saturated carbocycles. The third kappa shape index (κ3) is 3.63. The second-order valence-corrected chi connectivity index (χ2v) is 6.22. The third-order valence-corrected chi connectivity index (χ3v) is 4.33. The Morgan fingerprint density at radius 1 is 1.20 bits per heavy atom. The van der Waals surface area contributed by atoms with Crippen molar-refractivity contribution >= 4 is 17.8 Å². The van der Waals surface area contributed by atoms with Crippen molar-refractivity contribution in [3.05, 3.63) is 47.9 Å². The highest BCUT2D eigenvalue weighted by molar-refractivity contribution is 6.09. The highest BCUT2D eigenvalue weighted by Gasteiger charge is 2.69. The average molecular weight is 427 g/mol. The molecule has 0 radical (unpaired) electrons. The van der Waals surface area contributed by atoms with E-state index in [0.29, 0.717) is 16.4 Å². The van der Waals surface area contributed by atoms with E-state index in [9.17, 15) is 27.6 Å². The van der Waals surface area contributed by atoms with E-state index in [1.165, 1.54) is 38.5 Å². The molecule has 0 spiro atoms. The van der Waals surface area contributed by atoms with E-state index in [0.717, 1.165) is 12.3 Å². The van der Waals surface area contributed by atoms with Crippen LogP contribution in [0.25, 0.3) is 0 Å². The summed E-state index contributed by atoms with van der Waals surface area (Å²) in [5.74, 6) is -2.86. The molecular weight excluding hydrogens is 411 g/mol. The number of imide groups is 1. The van der Waals surface area contributed by atoms with Crippen LogP contribution in [0.1, 0.15) is 16.1 Å². The minimum Gasteiger partial charge on any atom is -0.497 e. The summed E-state index contributed by atoms with van der Waals surface area (Å²) in [6.07, 6.45) is -4.25. The average Bonchev–Trinajstić information content (AvgIpc) is 3.31. The van der Waals surface area contributed by atoms with E-state index in [1.807, 2.05) is 0 Å². The first-order valence-electron chi connectivity index (χ1n) is 8.40. The van der Waals surface area contributed by atoms with Crippen molar-refractivity contribution in [1.82, 2.24) is 15.5 Å². The number of hydrogen-bond acceptors (Lipinski definition) is 6. The van der Waals surface area contributed by atoms with Gasteiger partial charge in [0.05, 0.1) is 27.0 Å². The lowest BCUT2D eigenvalue weighted by Gasteiger charge is -2.29. The molecule has 0 bridgehead atoms. The zero-order valence-corrected chi connectivity index (χ0v) is 15.7. The molecule has 0 aliphatic carbocycles. The standard InChI is InChI=1S/C18H16F3N3O6/c1-28-11-6-10(7-12(8-11)29-2)9-24-15(26)17(18(19,20)21,23-16(24)27)22-14(25)13-4-3-5-30-13/h3-8H,9H2,1-2H3,(H,22,25)(H,23,27)/t17-/m1/s1. The van der Waals surface area contributed by atoms with Crippen LogP contribution >= 0.6 is 0 Å². The zero-order chi connectivity index (χ0) is 22.1. The Bertz CT molecular complexity index is 954. The third-order valence-electron chi connectivity index (χ3n) is 4.33. The molecule has 2 aromatic rings. The molecule has 1 atom stereocenters. The number of nitrogens with one attached hydrogen (secondary N) is 2. The first kappa shape index (κ1) is 21.0. The molecule has 3 rings (SSSR count). The minimum absolute atomic E-state index is 0.269. The summed E-state index contributed by atoms with van der Waals surface area (Å²) in [6.45, 7) is -0.521. The van der Waals surface area contributed by atoms with Crippen LogP contribution in [-0.4, -0.2) is 48.8 Å². The number of alkyl halides is 3. The van der Waals surface area contributed by atoms with Crippen molar-refractivity contribution in [3.63, 3.8) is 0 Å². The molecule has 0 unspecified atom stereocenters. The number of methoxy groups -OCH3 is 2. The lowest BCUT2D eigenvalue weighted by Crippen LogP contribution is -2.69. The Hall–Kier alpha value is -3.70. The second kappa shape index (κ2) is 7.61. The summed E-state index contributed by atoms with van der Waals surface area (Å²) in [5, 5.41) is 3.10. The Kier molecular flexibility index (Phi) is 5.33. The van der Waals surface area contributed by atoms with E-state index in [2.05, 4.69) is 0 Å². The van der Waals surface area contributed by atoms with E-state index in [-0.39, 0.29) is 5.56 Å². The fraction of sp³-hybridized carbons (Fsp3) is 0.278. The molecule has 2 N–H and O–H groups in total. The fourth-order valence-electron chi connectivity index (χ4n) is 2.85. The maximum absolute atomic E-state index is 13.8. The molecule has 12 heteroatoms. The van der Waals surface area contributed by atoms with Crippen LogP contribution in [-0.2, 0) is 11.3 Å². The van der Waals surface area contributed by atoms with Crippen molar-refractivity contribution < 1.29 is 41.4 Å². The predicted molar refractivity (Wildman–Crippen MR) is 93.6 cm³/mol. The molecule has 2 heterocycles. The molecule has 1 aromatic heterocycles. The normalized spacial score (nSPS) is 18.9. The van der Waals surface area contributed by atoms with Gasteiger partial charge in [-0.15, -0.1) is 0 Å². The molecule has 1 aliphatic heterocycles. The van der Waals surface area contributed by atoms with Crippen molar-refractivity contribution in [2.75, 3.05) is 14.2 Å². The van der Waals surface area contributed by atoms with E-state index >= 15 is 0 Å². The van der Waals surface area contributed by atoms with Gasteiger partial charge in [0.1, 0.15) is 11.5 Å². The van der Waals surface area contributed by atoms with Crippen LogP contribution in [0.3, 0.4) is 0 Å².